The van der Waals surface area contributed by atoms with Crippen LogP contribution >= 0.6 is 0 Å². The topological polar surface area (TPSA) is 80.9 Å². The van der Waals surface area contributed by atoms with Crippen LogP contribution in [0.15, 0.2) is 0 Å². The van der Waals surface area contributed by atoms with E-state index < -0.39 is 0 Å². The van der Waals surface area contributed by atoms with Crippen LogP contribution in [-0.4, -0.2) is 45.3 Å². The predicted octanol–water partition coefficient (Wildman–Crippen LogP) is 3.99. The maximum absolute atomic E-state index is 11.7. The third kappa shape index (κ3) is 3.31. The summed E-state index contributed by atoms with van der Waals surface area (Å²) in [5, 5.41) is 43.1. The molecule has 0 amide bonds. The van der Waals surface area contributed by atoms with Crippen LogP contribution in [0, 0.1) is 52.3 Å². The summed E-state index contributed by atoms with van der Waals surface area (Å²) in [5.41, 5.74) is 0.0945. The Balaban J connectivity index is 1.68. The Morgan fingerprint density at radius 3 is 2.40 bits per heavy atom. The Morgan fingerprint density at radius 2 is 1.73 bits per heavy atom. The SMILES string of the molecule is CC[C@H]1[C@@H](O)C2C3CCC([C@H](C)CCCO)[C@@]3(C)C[C@H](O)C2[C@@]2(C)CC[C@@H](O)C[C@@H]12. The van der Waals surface area contributed by atoms with Crippen molar-refractivity contribution in [3.8, 4) is 0 Å². The summed E-state index contributed by atoms with van der Waals surface area (Å²) in [5.74, 6) is 2.45. The molecule has 0 spiro atoms. The Morgan fingerprint density at radius 1 is 1.00 bits per heavy atom. The fourth-order valence-corrected chi connectivity index (χ4v) is 9.66. The van der Waals surface area contributed by atoms with E-state index in [2.05, 4.69) is 27.7 Å². The average molecular weight is 423 g/mol. The normalized spacial score (nSPS) is 54.2. The van der Waals surface area contributed by atoms with E-state index in [0.29, 0.717) is 23.7 Å². The van der Waals surface area contributed by atoms with E-state index in [1.807, 2.05) is 0 Å². The largest absolute Gasteiger partial charge is 0.396 e. The number of hydrogen-bond acceptors (Lipinski definition) is 4. The first-order chi connectivity index (χ1) is 14.2. The minimum atomic E-state index is -0.367. The second kappa shape index (κ2) is 8.32. The zero-order valence-electron chi connectivity index (χ0n) is 19.6. The van der Waals surface area contributed by atoms with Crippen LogP contribution in [0.4, 0.5) is 0 Å². The summed E-state index contributed by atoms with van der Waals surface area (Å²) in [6.45, 7) is 9.56. The van der Waals surface area contributed by atoms with Crippen molar-refractivity contribution in [1.29, 1.82) is 0 Å². The van der Waals surface area contributed by atoms with Crippen LogP contribution in [-0.2, 0) is 0 Å². The van der Waals surface area contributed by atoms with Gasteiger partial charge in [-0.2, -0.15) is 0 Å². The monoisotopic (exact) mass is 422 g/mol. The molecule has 4 saturated carbocycles. The second-order valence-corrected chi connectivity index (χ2v) is 12.1. The van der Waals surface area contributed by atoms with E-state index >= 15 is 0 Å². The molecule has 30 heavy (non-hydrogen) atoms. The fraction of sp³-hybridized carbons (Fsp3) is 1.00. The highest BCUT2D eigenvalue weighted by Gasteiger charge is 2.67. The molecule has 174 valence electrons. The molecule has 0 aromatic rings. The van der Waals surface area contributed by atoms with E-state index in [9.17, 15) is 20.4 Å². The number of hydrogen-bond donors (Lipinski definition) is 4. The van der Waals surface area contributed by atoms with Crippen molar-refractivity contribution in [2.24, 2.45) is 52.3 Å². The zero-order chi connectivity index (χ0) is 21.8. The molecule has 0 bridgehead atoms. The van der Waals surface area contributed by atoms with Gasteiger partial charge in [-0.15, -0.1) is 0 Å². The lowest BCUT2D eigenvalue weighted by atomic mass is 9.40. The molecule has 4 nitrogen and oxygen atoms in total. The Labute approximate surface area is 183 Å². The van der Waals surface area contributed by atoms with Gasteiger partial charge in [0.1, 0.15) is 0 Å². The first-order valence-electron chi connectivity index (χ1n) is 12.8. The van der Waals surface area contributed by atoms with Gasteiger partial charge >= 0.3 is 0 Å². The van der Waals surface area contributed by atoms with Crippen molar-refractivity contribution >= 4 is 0 Å². The standard InChI is InChI=1S/C26H46O4/c1-5-17-20-13-16(28)10-11-25(20,3)23-21(29)14-26(4)18(15(2)7-6-12-27)8-9-19(26)22(23)24(17)30/h15-24,27-30H,5-14H2,1-4H3/t15-,16-,17-,18?,19?,20+,21+,22?,23?,24-,25+,26-/m1/s1. The number of fused-ring (bicyclic) bond motifs is 5. The predicted molar refractivity (Wildman–Crippen MR) is 119 cm³/mol. The van der Waals surface area contributed by atoms with Gasteiger partial charge in [-0.05, 0) is 104 Å². The van der Waals surface area contributed by atoms with Crippen LogP contribution in [0.5, 0.6) is 0 Å². The van der Waals surface area contributed by atoms with Gasteiger partial charge in [0.2, 0.25) is 0 Å². The van der Waals surface area contributed by atoms with E-state index in [4.69, 9.17) is 0 Å². The molecule has 12 atom stereocenters. The Bertz CT molecular complexity index is 610. The highest BCUT2D eigenvalue weighted by molar-refractivity contribution is 5.15. The van der Waals surface area contributed by atoms with Gasteiger partial charge in [0.05, 0.1) is 18.3 Å². The fourth-order valence-electron chi connectivity index (χ4n) is 9.66. The number of aliphatic hydroxyl groups is 4. The summed E-state index contributed by atoms with van der Waals surface area (Å²) in [7, 11) is 0. The van der Waals surface area contributed by atoms with E-state index in [0.717, 1.165) is 51.4 Å². The summed E-state index contributed by atoms with van der Waals surface area (Å²) < 4.78 is 0. The van der Waals surface area contributed by atoms with Crippen molar-refractivity contribution in [1.82, 2.24) is 0 Å². The maximum Gasteiger partial charge on any atom is 0.0605 e. The Hall–Kier alpha value is -0.160. The van der Waals surface area contributed by atoms with E-state index in [-0.39, 0.29) is 53.5 Å². The molecule has 4 aliphatic rings. The highest BCUT2D eigenvalue weighted by Crippen LogP contribution is 2.69. The third-order valence-electron chi connectivity index (χ3n) is 10.9. The van der Waals surface area contributed by atoms with Crippen LogP contribution in [0.1, 0.15) is 85.5 Å². The molecule has 0 aromatic heterocycles. The van der Waals surface area contributed by atoms with Crippen LogP contribution < -0.4 is 0 Å². The second-order valence-electron chi connectivity index (χ2n) is 12.1. The lowest BCUT2D eigenvalue weighted by Crippen LogP contribution is -2.65. The number of aliphatic hydroxyl groups excluding tert-OH is 4. The molecule has 4 unspecified atom stereocenters. The molecule has 4 N–H and O–H groups in total. The van der Waals surface area contributed by atoms with Crippen molar-refractivity contribution in [2.45, 2.75) is 104 Å². The van der Waals surface area contributed by atoms with Crippen LogP contribution in [0.25, 0.3) is 0 Å². The highest BCUT2D eigenvalue weighted by atomic mass is 16.3. The molecule has 4 rings (SSSR count). The Kier molecular flexibility index (Phi) is 6.38. The van der Waals surface area contributed by atoms with Gasteiger partial charge in [-0.25, -0.2) is 0 Å². The molecule has 4 fully saturated rings. The van der Waals surface area contributed by atoms with Crippen molar-refractivity contribution in [3.63, 3.8) is 0 Å². The number of rotatable bonds is 5. The molecular formula is C26H46O4. The zero-order valence-corrected chi connectivity index (χ0v) is 19.6. The average Bonchev–Trinajstić information content (AvgIpc) is 3.04. The lowest BCUT2D eigenvalue weighted by molar-refractivity contribution is -0.235. The molecule has 0 aromatic carbocycles. The van der Waals surface area contributed by atoms with E-state index in [1.165, 1.54) is 6.42 Å². The van der Waals surface area contributed by atoms with Gasteiger partial charge in [0, 0.05) is 6.61 Å². The molecule has 4 heteroatoms. The van der Waals surface area contributed by atoms with Gasteiger partial charge in [0.15, 0.2) is 0 Å². The maximum atomic E-state index is 11.7. The van der Waals surface area contributed by atoms with Crippen LogP contribution in [0.3, 0.4) is 0 Å². The smallest absolute Gasteiger partial charge is 0.0605 e. The summed E-state index contributed by atoms with van der Waals surface area (Å²) in [4.78, 5) is 0. The summed E-state index contributed by atoms with van der Waals surface area (Å²) in [6.07, 6.45) is 7.65. The van der Waals surface area contributed by atoms with Crippen molar-refractivity contribution in [3.05, 3.63) is 0 Å². The molecule has 4 aliphatic carbocycles. The quantitative estimate of drug-likeness (QED) is 0.540. The lowest BCUT2D eigenvalue weighted by Gasteiger charge is -2.66. The van der Waals surface area contributed by atoms with Gasteiger partial charge in [-0.1, -0.05) is 34.1 Å². The molecule has 0 aliphatic heterocycles. The van der Waals surface area contributed by atoms with E-state index in [1.54, 1.807) is 0 Å². The van der Waals surface area contributed by atoms with Gasteiger partial charge < -0.3 is 20.4 Å². The van der Waals surface area contributed by atoms with Crippen LogP contribution in [0.2, 0.25) is 0 Å². The molecular weight excluding hydrogens is 376 g/mol. The molecule has 0 heterocycles. The first-order valence-corrected chi connectivity index (χ1v) is 12.8. The van der Waals surface area contributed by atoms with Crippen molar-refractivity contribution in [2.75, 3.05) is 6.61 Å². The third-order valence-corrected chi connectivity index (χ3v) is 10.9. The molecule has 0 saturated heterocycles. The van der Waals surface area contributed by atoms with Crippen molar-refractivity contribution < 1.29 is 20.4 Å². The first kappa shape index (κ1) is 23.0. The van der Waals surface area contributed by atoms with Gasteiger partial charge in [0.25, 0.3) is 0 Å². The minimum absolute atomic E-state index is 0.0190. The van der Waals surface area contributed by atoms with Gasteiger partial charge in [-0.3, -0.25) is 0 Å². The molecule has 0 radical (unpaired) electrons. The minimum Gasteiger partial charge on any atom is -0.396 e. The summed E-state index contributed by atoms with van der Waals surface area (Å²) in [6, 6.07) is 0. The summed E-state index contributed by atoms with van der Waals surface area (Å²) >= 11 is 0.